The smallest absolute Gasteiger partial charge is 0.411 e. The maximum atomic E-state index is 12.8. The largest absolute Gasteiger partial charge is 0.444 e. The van der Waals surface area contributed by atoms with Gasteiger partial charge >= 0.3 is 12.2 Å². The fraction of sp³-hybridized carbons (Fsp3) is 0.900. The summed E-state index contributed by atoms with van der Waals surface area (Å²) in [5.74, 6) is 1.23. The number of nitrogens with zero attached hydrogens (tertiary/aromatic N) is 1. The molecule has 0 saturated heterocycles. The van der Waals surface area contributed by atoms with Crippen molar-refractivity contribution < 1.29 is 19.1 Å². The zero-order chi connectivity index (χ0) is 19.4. The van der Waals surface area contributed by atoms with E-state index in [-0.39, 0.29) is 6.09 Å². The zero-order valence-corrected chi connectivity index (χ0v) is 17.1. The third kappa shape index (κ3) is 7.83. The second-order valence-electron chi connectivity index (χ2n) is 9.12. The molecule has 0 aromatic carbocycles. The molecule has 2 aliphatic rings. The minimum atomic E-state index is -1.05. The molecule has 2 aliphatic carbocycles. The van der Waals surface area contributed by atoms with Crippen LogP contribution in [0.1, 0.15) is 79.6 Å². The van der Waals surface area contributed by atoms with Crippen LogP contribution in [0.3, 0.4) is 0 Å². The Kier molecular flexibility index (Phi) is 6.80. The Hall–Kier alpha value is -1.46. The summed E-state index contributed by atoms with van der Waals surface area (Å²) in [5.41, 5.74) is -1.65. The van der Waals surface area contributed by atoms with Gasteiger partial charge in [-0.2, -0.15) is 0 Å². The maximum Gasteiger partial charge on any atom is 0.411 e. The number of alkyl carbamates (subject to hydrolysis) is 1. The van der Waals surface area contributed by atoms with Crippen molar-refractivity contribution in [1.82, 2.24) is 10.2 Å². The van der Waals surface area contributed by atoms with Crippen molar-refractivity contribution in [3.05, 3.63) is 0 Å². The van der Waals surface area contributed by atoms with Gasteiger partial charge in [0.05, 0.1) is 0 Å². The molecule has 6 heteroatoms. The minimum absolute atomic E-state index is 0.321. The number of unbranched alkanes of at least 4 members (excludes halogenated alkanes) is 1. The molecule has 0 unspecified atom stereocenters. The lowest BCUT2D eigenvalue weighted by Gasteiger charge is -2.34. The van der Waals surface area contributed by atoms with Gasteiger partial charge < -0.3 is 14.4 Å². The second-order valence-corrected chi connectivity index (χ2v) is 9.12. The first-order chi connectivity index (χ1) is 12.1. The van der Waals surface area contributed by atoms with Crippen molar-refractivity contribution >= 4 is 12.2 Å². The van der Waals surface area contributed by atoms with Crippen molar-refractivity contribution in [3.8, 4) is 0 Å². The topological polar surface area (TPSA) is 67.9 Å². The monoisotopic (exact) mass is 368 g/mol. The van der Waals surface area contributed by atoms with Crippen LogP contribution in [0.5, 0.6) is 0 Å². The van der Waals surface area contributed by atoms with Crippen LogP contribution in [0.4, 0.5) is 9.59 Å². The molecule has 0 aromatic rings. The van der Waals surface area contributed by atoms with E-state index in [0.717, 1.165) is 25.9 Å². The lowest BCUT2D eigenvalue weighted by molar-refractivity contribution is -0.0356. The van der Waals surface area contributed by atoms with Crippen LogP contribution in [0, 0.1) is 11.8 Å². The van der Waals surface area contributed by atoms with E-state index in [4.69, 9.17) is 9.47 Å². The molecule has 0 spiro atoms. The molecule has 0 bridgehead atoms. The molecule has 0 radical (unpaired) electrons. The summed E-state index contributed by atoms with van der Waals surface area (Å²) in [5, 5.41) is 2.78. The molecule has 1 N–H and O–H groups in total. The summed E-state index contributed by atoms with van der Waals surface area (Å²) in [4.78, 5) is 26.9. The molecule has 0 heterocycles. The van der Waals surface area contributed by atoms with E-state index in [2.05, 4.69) is 12.2 Å². The van der Waals surface area contributed by atoms with Gasteiger partial charge in [-0.25, -0.2) is 9.59 Å². The number of amides is 2. The third-order valence-electron chi connectivity index (χ3n) is 4.69. The lowest BCUT2D eigenvalue weighted by atomic mass is 10.1. The van der Waals surface area contributed by atoms with Gasteiger partial charge in [0.2, 0.25) is 0 Å². The molecule has 26 heavy (non-hydrogen) atoms. The Labute approximate surface area is 158 Å². The number of nitrogens with one attached hydrogen (secondary N) is 1. The Morgan fingerprint density at radius 1 is 1.00 bits per heavy atom. The van der Waals surface area contributed by atoms with Crippen molar-refractivity contribution in [3.63, 3.8) is 0 Å². The van der Waals surface area contributed by atoms with Gasteiger partial charge in [-0.1, -0.05) is 13.3 Å². The van der Waals surface area contributed by atoms with Gasteiger partial charge in [0, 0.05) is 19.5 Å². The van der Waals surface area contributed by atoms with Gasteiger partial charge in [-0.05, 0) is 71.6 Å². The van der Waals surface area contributed by atoms with Crippen LogP contribution in [-0.2, 0) is 9.47 Å². The summed E-state index contributed by atoms with van der Waals surface area (Å²) < 4.78 is 11.2. The number of carbonyl (C=O) groups is 2. The number of hydrogen-bond donors (Lipinski definition) is 1. The van der Waals surface area contributed by atoms with E-state index in [9.17, 15) is 9.59 Å². The molecule has 0 aliphatic heterocycles. The van der Waals surface area contributed by atoms with Crippen LogP contribution >= 0.6 is 0 Å². The van der Waals surface area contributed by atoms with Crippen molar-refractivity contribution in [1.29, 1.82) is 0 Å². The van der Waals surface area contributed by atoms with E-state index in [0.29, 0.717) is 18.3 Å². The number of rotatable bonds is 9. The first-order valence-corrected chi connectivity index (χ1v) is 10.1. The van der Waals surface area contributed by atoms with Crippen LogP contribution in [0.15, 0.2) is 0 Å². The van der Waals surface area contributed by atoms with Crippen molar-refractivity contribution in [2.75, 3.05) is 13.1 Å². The summed E-state index contributed by atoms with van der Waals surface area (Å²) in [6.45, 7) is 10.8. The third-order valence-corrected chi connectivity index (χ3v) is 4.69. The average Bonchev–Trinajstić information content (AvgIpc) is 3.37. The number of ether oxygens (including phenoxy) is 2. The first-order valence-electron chi connectivity index (χ1n) is 10.1. The van der Waals surface area contributed by atoms with Gasteiger partial charge in [0.25, 0.3) is 0 Å². The highest BCUT2D eigenvalue weighted by molar-refractivity contribution is 5.71. The maximum absolute atomic E-state index is 12.8. The molecule has 2 saturated carbocycles. The van der Waals surface area contributed by atoms with Crippen molar-refractivity contribution in [2.45, 2.75) is 90.9 Å². The second kappa shape index (κ2) is 8.49. The highest BCUT2D eigenvalue weighted by atomic mass is 16.6. The summed E-state index contributed by atoms with van der Waals surface area (Å²) in [6.07, 6.45) is 6.26. The van der Waals surface area contributed by atoms with Gasteiger partial charge in [-0.3, -0.25) is 5.32 Å². The van der Waals surface area contributed by atoms with Gasteiger partial charge in [-0.15, -0.1) is 0 Å². The number of carbonyl (C=O) groups excluding carboxylic acids is 2. The van der Waals surface area contributed by atoms with E-state index >= 15 is 0 Å². The first kappa shape index (κ1) is 20.8. The van der Waals surface area contributed by atoms with E-state index in [1.807, 2.05) is 25.7 Å². The highest BCUT2D eigenvalue weighted by Crippen LogP contribution is 2.34. The SMILES string of the molecule is CCCC[C@@](C)(NC(=O)OC(C)(C)C)OC(=O)N(CC1CC1)CC1CC1. The molecule has 2 amide bonds. The summed E-state index contributed by atoms with van der Waals surface area (Å²) >= 11 is 0. The van der Waals surface area contributed by atoms with Crippen LogP contribution in [0.25, 0.3) is 0 Å². The number of hydrogen-bond acceptors (Lipinski definition) is 4. The van der Waals surface area contributed by atoms with Crippen molar-refractivity contribution in [2.24, 2.45) is 11.8 Å². The Balaban J connectivity index is 1.98. The van der Waals surface area contributed by atoms with Crippen LogP contribution in [0.2, 0.25) is 0 Å². The predicted molar refractivity (Wildman–Crippen MR) is 101 cm³/mol. The normalized spacial score (nSPS) is 19.4. The molecule has 6 nitrogen and oxygen atoms in total. The summed E-state index contributed by atoms with van der Waals surface area (Å²) in [6, 6.07) is 0. The molecule has 150 valence electrons. The quantitative estimate of drug-likeness (QED) is 0.600. The molecule has 0 aromatic heterocycles. The van der Waals surface area contributed by atoms with Gasteiger partial charge in [0.15, 0.2) is 5.72 Å². The molecule has 2 rings (SSSR count). The molecule has 1 atom stereocenters. The van der Waals surface area contributed by atoms with Crippen LogP contribution in [-0.4, -0.2) is 41.5 Å². The fourth-order valence-corrected chi connectivity index (χ4v) is 2.88. The molecule has 2 fully saturated rings. The van der Waals surface area contributed by atoms with Gasteiger partial charge in [0.1, 0.15) is 5.60 Å². The predicted octanol–water partition coefficient (Wildman–Crippen LogP) is 4.68. The van der Waals surface area contributed by atoms with Crippen LogP contribution < -0.4 is 5.32 Å². The zero-order valence-electron chi connectivity index (χ0n) is 17.1. The Bertz CT molecular complexity index is 481. The van der Waals surface area contributed by atoms with E-state index in [1.54, 1.807) is 6.92 Å². The Morgan fingerprint density at radius 3 is 1.96 bits per heavy atom. The Morgan fingerprint density at radius 2 is 1.54 bits per heavy atom. The molecular weight excluding hydrogens is 332 g/mol. The highest BCUT2D eigenvalue weighted by Gasteiger charge is 2.37. The van der Waals surface area contributed by atoms with E-state index in [1.165, 1.54) is 25.7 Å². The minimum Gasteiger partial charge on any atom is -0.444 e. The average molecular weight is 369 g/mol. The molecular formula is C20H36N2O4. The standard InChI is InChI=1S/C20H36N2O4/c1-6-7-12-20(5,21-17(23)25-19(2,3)4)26-18(24)22(13-15-8-9-15)14-16-10-11-16/h15-16H,6-14H2,1-5H3,(H,21,23)/t20-/m0/s1. The summed E-state index contributed by atoms with van der Waals surface area (Å²) in [7, 11) is 0. The fourth-order valence-electron chi connectivity index (χ4n) is 2.88. The van der Waals surface area contributed by atoms with E-state index < -0.39 is 17.4 Å². The lowest BCUT2D eigenvalue weighted by Crippen LogP contribution is -2.53.